The Morgan fingerprint density at radius 2 is 0.978 bits per heavy atom. The number of carbonyl (C=O) groups excluding carboxylic acids is 2. The van der Waals surface area contributed by atoms with E-state index in [0.29, 0.717) is 6.42 Å². The van der Waals surface area contributed by atoms with E-state index in [2.05, 4.69) is 66.7 Å². The molecule has 5 aromatic rings. The fourth-order valence-electron chi connectivity index (χ4n) is 7.21. The third-order valence-electron chi connectivity index (χ3n) is 9.19. The summed E-state index contributed by atoms with van der Waals surface area (Å²) in [7, 11) is 2.58. The third kappa shape index (κ3) is 5.48. The van der Waals surface area contributed by atoms with E-state index in [1.165, 1.54) is 14.2 Å². The Labute approximate surface area is 270 Å². The zero-order valence-corrected chi connectivity index (χ0v) is 26.0. The lowest BCUT2D eigenvalue weighted by Crippen LogP contribution is -2.24. The van der Waals surface area contributed by atoms with Crippen LogP contribution in [-0.2, 0) is 30.9 Å². The van der Waals surface area contributed by atoms with E-state index < -0.39 is 22.8 Å². The molecule has 0 aliphatic heterocycles. The maximum Gasteiger partial charge on any atom is 0.344 e. The van der Waals surface area contributed by atoms with Gasteiger partial charge in [0.15, 0.2) is 0 Å². The lowest BCUT2D eigenvalue weighted by atomic mass is 9.77. The van der Waals surface area contributed by atoms with E-state index in [1.807, 2.05) is 97.1 Å². The molecule has 0 heterocycles. The minimum absolute atomic E-state index is 0.117. The molecule has 0 radical (unpaired) electrons. The number of carbonyl (C=O) groups is 2. The highest BCUT2D eigenvalue weighted by Gasteiger charge is 2.75. The van der Waals surface area contributed by atoms with Crippen molar-refractivity contribution in [3.8, 4) is 0 Å². The number of benzene rings is 5. The van der Waals surface area contributed by atoms with Crippen molar-refractivity contribution in [1.29, 1.82) is 0 Å². The Hall–Kier alpha value is -5.48. The van der Waals surface area contributed by atoms with Gasteiger partial charge in [0.2, 0.25) is 0 Å². The van der Waals surface area contributed by atoms with Gasteiger partial charge in [0.25, 0.3) is 0 Å². The van der Waals surface area contributed by atoms with Crippen molar-refractivity contribution in [3.63, 3.8) is 0 Å². The molecule has 0 saturated heterocycles. The van der Waals surface area contributed by atoms with Crippen molar-refractivity contribution in [2.24, 2.45) is 11.3 Å². The zero-order chi connectivity index (χ0) is 32.0. The van der Waals surface area contributed by atoms with Crippen LogP contribution in [0.3, 0.4) is 0 Å². The normalized spacial score (nSPS) is 17.7. The van der Waals surface area contributed by atoms with Crippen molar-refractivity contribution in [2.75, 3.05) is 14.2 Å². The monoisotopic (exact) mass is 604 g/mol. The van der Waals surface area contributed by atoms with Gasteiger partial charge in [-0.15, -0.1) is 0 Å². The Morgan fingerprint density at radius 1 is 0.587 bits per heavy atom. The minimum Gasteiger partial charge on any atom is -0.465 e. The van der Waals surface area contributed by atoms with E-state index >= 15 is 0 Å². The maximum absolute atomic E-state index is 13.3. The number of rotatable bonds is 10. The Morgan fingerprint density at radius 3 is 1.39 bits per heavy atom. The van der Waals surface area contributed by atoms with Gasteiger partial charge in [0.1, 0.15) is 5.57 Å². The van der Waals surface area contributed by atoms with E-state index in [1.54, 1.807) is 0 Å². The second-order valence-corrected chi connectivity index (χ2v) is 11.6. The summed E-state index contributed by atoms with van der Waals surface area (Å²) in [6.45, 7) is 0. The first-order chi connectivity index (χ1) is 22.5. The van der Waals surface area contributed by atoms with Gasteiger partial charge in [-0.25, -0.2) is 9.59 Å². The summed E-state index contributed by atoms with van der Waals surface area (Å²) in [4.78, 5) is 26.6. The standard InChI is InChI=1S/C42H36O4/c1-45-39(43)37(40(44)46-2)30-41(29-31-18-8-3-9-19-31)38(28-36(32-20-10-4-11-21-32)33-22-12-5-13-23-33)42(41,34-24-14-6-15-25-34)35-26-16-7-17-27-35/h3-28,30,38H,29H2,1-2H3. The number of esters is 2. The van der Waals surface area contributed by atoms with Gasteiger partial charge in [0, 0.05) is 16.7 Å². The molecule has 5 aromatic carbocycles. The van der Waals surface area contributed by atoms with Gasteiger partial charge in [-0.3, -0.25) is 0 Å². The molecule has 0 amide bonds. The SMILES string of the molecule is COC(=O)C(=CC1(Cc2ccccc2)C(C=C(c2ccccc2)c2ccccc2)C1(c1ccccc1)c1ccccc1)C(=O)OC. The second kappa shape index (κ2) is 13.3. The second-order valence-electron chi connectivity index (χ2n) is 11.6. The highest BCUT2D eigenvalue weighted by Crippen LogP contribution is 2.76. The predicted octanol–water partition coefficient (Wildman–Crippen LogP) is 8.24. The highest BCUT2D eigenvalue weighted by molar-refractivity contribution is 6.14. The summed E-state index contributed by atoms with van der Waals surface area (Å²) in [5, 5.41) is 0. The van der Waals surface area contributed by atoms with Crippen molar-refractivity contribution < 1.29 is 19.1 Å². The van der Waals surface area contributed by atoms with E-state index in [4.69, 9.17) is 9.47 Å². The van der Waals surface area contributed by atoms with Gasteiger partial charge in [-0.1, -0.05) is 164 Å². The summed E-state index contributed by atoms with van der Waals surface area (Å²) in [6, 6.07) is 51.7. The van der Waals surface area contributed by atoms with Crippen LogP contribution in [0.25, 0.3) is 5.57 Å². The van der Waals surface area contributed by atoms with Gasteiger partial charge in [0.05, 0.1) is 14.2 Å². The van der Waals surface area contributed by atoms with Crippen molar-refractivity contribution in [2.45, 2.75) is 11.8 Å². The zero-order valence-electron chi connectivity index (χ0n) is 26.0. The van der Waals surface area contributed by atoms with Gasteiger partial charge in [-0.05, 0) is 39.8 Å². The first-order valence-corrected chi connectivity index (χ1v) is 15.4. The Bertz CT molecular complexity index is 1750. The van der Waals surface area contributed by atoms with Crippen LogP contribution in [0.2, 0.25) is 0 Å². The van der Waals surface area contributed by atoms with E-state index in [-0.39, 0.29) is 11.5 Å². The first-order valence-electron chi connectivity index (χ1n) is 15.4. The van der Waals surface area contributed by atoms with Crippen molar-refractivity contribution in [3.05, 3.63) is 197 Å². The summed E-state index contributed by atoms with van der Waals surface area (Å²) >= 11 is 0. The number of hydrogen-bond acceptors (Lipinski definition) is 4. The largest absolute Gasteiger partial charge is 0.465 e. The number of ether oxygens (including phenoxy) is 2. The molecule has 1 aliphatic rings. The van der Waals surface area contributed by atoms with Crippen LogP contribution < -0.4 is 0 Å². The average Bonchev–Trinajstić information content (AvgIpc) is 3.70. The molecule has 1 fully saturated rings. The quantitative estimate of drug-likeness (QED) is 0.0698. The van der Waals surface area contributed by atoms with Crippen LogP contribution in [-0.4, -0.2) is 26.2 Å². The van der Waals surface area contributed by atoms with Gasteiger partial charge >= 0.3 is 11.9 Å². The van der Waals surface area contributed by atoms with Gasteiger partial charge < -0.3 is 9.47 Å². The van der Waals surface area contributed by atoms with Crippen molar-refractivity contribution in [1.82, 2.24) is 0 Å². The third-order valence-corrected chi connectivity index (χ3v) is 9.19. The molecule has 1 saturated carbocycles. The molecule has 0 spiro atoms. The first kappa shape index (κ1) is 30.5. The smallest absolute Gasteiger partial charge is 0.344 e. The molecule has 0 bridgehead atoms. The highest BCUT2D eigenvalue weighted by atomic mass is 16.5. The molecule has 6 rings (SSSR count). The maximum atomic E-state index is 13.3. The summed E-state index contributed by atoms with van der Waals surface area (Å²) < 4.78 is 10.3. The van der Waals surface area contributed by atoms with Crippen LogP contribution in [0, 0.1) is 11.3 Å². The molecule has 2 unspecified atom stereocenters. The number of allylic oxidation sites excluding steroid dienone is 2. The predicted molar refractivity (Wildman–Crippen MR) is 182 cm³/mol. The van der Waals surface area contributed by atoms with Crippen LogP contribution in [0.4, 0.5) is 0 Å². The Kier molecular flexibility index (Phi) is 8.80. The summed E-state index contributed by atoms with van der Waals surface area (Å²) in [5.41, 5.74) is 4.94. The fraction of sp³-hybridized carbons (Fsp3) is 0.143. The fourth-order valence-corrected chi connectivity index (χ4v) is 7.21. The van der Waals surface area contributed by atoms with Crippen LogP contribution in [0.5, 0.6) is 0 Å². The Balaban J connectivity index is 1.74. The van der Waals surface area contributed by atoms with Crippen LogP contribution >= 0.6 is 0 Å². The molecule has 46 heavy (non-hydrogen) atoms. The molecule has 0 aromatic heterocycles. The molecule has 4 nitrogen and oxygen atoms in total. The van der Waals surface area contributed by atoms with Crippen LogP contribution in [0.15, 0.2) is 169 Å². The molecule has 228 valence electrons. The molecule has 2 atom stereocenters. The molecular weight excluding hydrogens is 568 g/mol. The van der Waals surface area contributed by atoms with Crippen molar-refractivity contribution >= 4 is 17.5 Å². The average molecular weight is 605 g/mol. The van der Waals surface area contributed by atoms with E-state index in [9.17, 15) is 9.59 Å². The molecule has 4 heteroatoms. The molecule has 0 N–H and O–H groups in total. The lowest BCUT2D eigenvalue weighted by molar-refractivity contribution is -0.144. The minimum atomic E-state index is -0.774. The van der Waals surface area contributed by atoms with E-state index in [0.717, 1.165) is 33.4 Å². The number of methoxy groups -OCH3 is 2. The van der Waals surface area contributed by atoms with Crippen LogP contribution in [0.1, 0.15) is 27.8 Å². The lowest BCUT2D eigenvalue weighted by Gasteiger charge is -2.26. The van der Waals surface area contributed by atoms with Gasteiger partial charge in [-0.2, -0.15) is 0 Å². The summed E-state index contributed by atoms with van der Waals surface area (Å²) in [5.74, 6) is -1.64. The molecular formula is C42H36O4. The number of hydrogen-bond donors (Lipinski definition) is 0. The summed E-state index contributed by atoms with van der Waals surface area (Å²) in [6.07, 6.45) is 4.73. The topological polar surface area (TPSA) is 52.6 Å². The molecule has 1 aliphatic carbocycles.